The number of nitrogens with zero attached hydrogens (tertiary/aromatic N) is 1. The summed E-state index contributed by atoms with van der Waals surface area (Å²) >= 11 is 0. The highest BCUT2D eigenvalue weighted by Crippen LogP contribution is 2.71. The zero-order chi connectivity index (χ0) is 20.1. The second kappa shape index (κ2) is 6.50. The third-order valence-corrected chi connectivity index (χ3v) is 6.16. The predicted molar refractivity (Wildman–Crippen MR) is 110 cm³/mol. The minimum atomic E-state index is -0.553. The van der Waals surface area contributed by atoms with Crippen molar-refractivity contribution in [2.24, 2.45) is 10.8 Å². The van der Waals surface area contributed by atoms with Gasteiger partial charge in [0.05, 0.1) is 16.9 Å². The molecule has 0 atom stereocenters. The van der Waals surface area contributed by atoms with Crippen LogP contribution in [-0.4, -0.2) is 36.9 Å². The van der Waals surface area contributed by atoms with Crippen LogP contribution in [0, 0.1) is 10.8 Å². The highest BCUT2D eigenvalue weighted by Gasteiger charge is 2.73. The number of fused-ring (bicyclic) bond motifs is 1. The van der Waals surface area contributed by atoms with Gasteiger partial charge < -0.3 is 15.0 Å². The largest absolute Gasteiger partial charge is 0.490 e. The van der Waals surface area contributed by atoms with Crippen molar-refractivity contribution in [3.05, 3.63) is 36.4 Å². The Morgan fingerprint density at radius 1 is 0.964 bits per heavy atom. The van der Waals surface area contributed by atoms with Crippen molar-refractivity contribution in [2.75, 3.05) is 19.4 Å². The van der Waals surface area contributed by atoms with E-state index in [4.69, 9.17) is 4.74 Å². The topological polar surface area (TPSA) is 58.6 Å². The van der Waals surface area contributed by atoms with E-state index in [1.807, 2.05) is 50.2 Å². The van der Waals surface area contributed by atoms with Crippen LogP contribution in [0.2, 0.25) is 0 Å². The molecule has 5 nitrogen and oxygen atoms in total. The zero-order valence-corrected chi connectivity index (χ0v) is 17.0. The molecular formula is C23H28N2O3. The van der Waals surface area contributed by atoms with E-state index in [0.717, 1.165) is 47.9 Å². The SMILES string of the molecule is CC(C)Oc1ccc(NC(=O)C2(C3(C(=O)N(C)C)CC3)CC2)c2ccccc12. The van der Waals surface area contributed by atoms with Crippen LogP contribution in [0.15, 0.2) is 36.4 Å². The van der Waals surface area contributed by atoms with Gasteiger partial charge in [-0.3, -0.25) is 9.59 Å². The fraction of sp³-hybridized carbons (Fsp3) is 0.478. The molecule has 0 unspecified atom stereocenters. The summed E-state index contributed by atoms with van der Waals surface area (Å²) in [7, 11) is 3.55. The molecule has 4 rings (SSSR count). The summed E-state index contributed by atoms with van der Waals surface area (Å²) in [4.78, 5) is 27.7. The quantitative estimate of drug-likeness (QED) is 0.816. The van der Waals surface area contributed by atoms with Crippen LogP contribution in [0.5, 0.6) is 5.75 Å². The molecule has 2 aliphatic carbocycles. The lowest BCUT2D eigenvalue weighted by Crippen LogP contribution is -2.42. The maximum Gasteiger partial charge on any atom is 0.231 e. The lowest BCUT2D eigenvalue weighted by molar-refractivity contribution is -0.141. The van der Waals surface area contributed by atoms with E-state index in [9.17, 15) is 9.59 Å². The molecule has 0 spiro atoms. The number of hydrogen-bond donors (Lipinski definition) is 1. The Kier molecular flexibility index (Phi) is 4.36. The molecule has 2 fully saturated rings. The minimum absolute atomic E-state index is 0.0251. The van der Waals surface area contributed by atoms with Crippen LogP contribution in [0.3, 0.4) is 0 Å². The van der Waals surface area contributed by atoms with Gasteiger partial charge in [0.25, 0.3) is 0 Å². The Morgan fingerprint density at radius 3 is 2.11 bits per heavy atom. The van der Waals surface area contributed by atoms with E-state index >= 15 is 0 Å². The van der Waals surface area contributed by atoms with Crippen molar-refractivity contribution in [2.45, 2.75) is 45.6 Å². The third-order valence-electron chi connectivity index (χ3n) is 6.16. The maximum absolute atomic E-state index is 13.3. The van der Waals surface area contributed by atoms with Gasteiger partial charge >= 0.3 is 0 Å². The summed E-state index contributed by atoms with van der Waals surface area (Å²) in [5.41, 5.74) is -0.282. The normalized spacial score (nSPS) is 18.6. The van der Waals surface area contributed by atoms with Crippen LogP contribution < -0.4 is 10.1 Å². The molecule has 2 aromatic rings. The Balaban J connectivity index is 1.64. The molecule has 0 aliphatic heterocycles. The lowest BCUT2D eigenvalue weighted by atomic mass is 9.83. The highest BCUT2D eigenvalue weighted by atomic mass is 16.5. The summed E-state index contributed by atoms with van der Waals surface area (Å²) in [5.74, 6) is 0.875. The predicted octanol–water partition coefficient (Wildman–Crippen LogP) is 4.21. The standard InChI is InChI=1S/C23H28N2O3/c1-15(2)28-19-10-9-18(16-7-5-6-8-17(16)19)24-20(26)22(11-12-22)23(13-14-23)21(27)25(3)4/h5-10,15H,11-14H2,1-4H3,(H,24,26). The highest BCUT2D eigenvalue weighted by molar-refractivity contribution is 6.08. The molecule has 2 amide bonds. The number of carbonyl (C=O) groups excluding carboxylic acids is 2. The average molecular weight is 380 g/mol. The second-order valence-electron chi connectivity index (χ2n) is 8.64. The molecule has 0 bridgehead atoms. The molecule has 2 aliphatic rings. The van der Waals surface area contributed by atoms with Crippen LogP contribution in [0.1, 0.15) is 39.5 Å². The van der Waals surface area contributed by atoms with Gasteiger partial charge in [0, 0.05) is 30.6 Å². The molecule has 0 saturated heterocycles. The Morgan fingerprint density at radius 2 is 1.57 bits per heavy atom. The molecule has 0 heterocycles. The number of ether oxygens (including phenoxy) is 1. The molecular weight excluding hydrogens is 352 g/mol. The van der Waals surface area contributed by atoms with Gasteiger partial charge in [-0.15, -0.1) is 0 Å². The number of anilines is 1. The van der Waals surface area contributed by atoms with Crippen molar-refractivity contribution in [1.82, 2.24) is 4.90 Å². The van der Waals surface area contributed by atoms with E-state index in [1.54, 1.807) is 19.0 Å². The van der Waals surface area contributed by atoms with E-state index in [2.05, 4.69) is 5.32 Å². The number of rotatable bonds is 6. The molecule has 0 radical (unpaired) electrons. The smallest absolute Gasteiger partial charge is 0.231 e. The van der Waals surface area contributed by atoms with Crippen LogP contribution in [0.25, 0.3) is 10.8 Å². The molecule has 2 aromatic carbocycles. The van der Waals surface area contributed by atoms with Gasteiger partial charge in [0.2, 0.25) is 11.8 Å². The molecule has 5 heteroatoms. The molecule has 2 saturated carbocycles. The van der Waals surface area contributed by atoms with Gasteiger partial charge in [-0.1, -0.05) is 24.3 Å². The van der Waals surface area contributed by atoms with Crippen molar-refractivity contribution in [1.29, 1.82) is 0 Å². The van der Waals surface area contributed by atoms with E-state index < -0.39 is 10.8 Å². The zero-order valence-electron chi connectivity index (χ0n) is 17.0. The first-order valence-corrected chi connectivity index (χ1v) is 10.0. The van der Waals surface area contributed by atoms with Crippen molar-refractivity contribution in [3.63, 3.8) is 0 Å². The Labute approximate surface area is 166 Å². The number of hydrogen-bond acceptors (Lipinski definition) is 3. The van der Waals surface area contributed by atoms with E-state index in [1.165, 1.54) is 0 Å². The lowest BCUT2D eigenvalue weighted by Gasteiger charge is -2.28. The summed E-state index contributed by atoms with van der Waals surface area (Å²) in [6.45, 7) is 4.00. The van der Waals surface area contributed by atoms with Gasteiger partial charge in [-0.05, 0) is 51.7 Å². The third kappa shape index (κ3) is 2.84. The molecule has 28 heavy (non-hydrogen) atoms. The Hall–Kier alpha value is -2.56. The summed E-state index contributed by atoms with van der Waals surface area (Å²) in [6, 6.07) is 11.8. The van der Waals surface area contributed by atoms with Gasteiger partial charge in [0.1, 0.15) is 5.75 Å². The second-order valence-corrected chi connectivity index (χ2v) is 8.64. The first-order valence-electron chi connectivity index (χ1n) is 10.0. The fourth-order valence-corrected chi connectivity index (χ4v) is 4.48. The minimum Gasteiger partial charge on any atom is -0.490 e. The van der Waals surface area contributed by atoms with Crippen LogP contribution in [-0.2, 0) is 9.59 Å². The number of carbonyl (C=O) groups is 2. The Bertz CT molecular complexity index is 940. The van der Waals surface area contributed by atoms with Crippen LogP contribution >= 0.6 is 0 Å². The van der Waals surface area contributed by atoms with Gasteiger partial charge in [-0.2, -0.15) is 0 Å². The summed E-state index contributed by atoms with van der Waals surface area (Å²) < 4.78 is 5.93. The molecule has 1 N–H and O–H groups in total. The monoisotopic (exact) mass is 380 g/mol. The molecule has 148 valence electrons. The van der Waals surface area contributed by atoms with E-state index in [-0.39, 0.29) is 17.9 Å². The number of benzene rings is 2. The van der Waals surface area contributed by atoms with Crippen molar-refractivity contribution >= 4 is 28.3 Å². The maximum atomic E-state index is 13.3. The summed E-state index contributed by atoms with van der Waals surface area (Å²) in [5, 5.41) is 5.07. The molecule has 0 aromatic heterocycles. The summed E-state index contributed by atoms with van der Waals surface area (Å²) in [6.07, 6.45) is 3.25. The van der Waals surface area contributed by atoms with Crippen molar-refractivity contribution < 1.29 is 14.3 Å². The van der Waals surface area contributed by atoms with Gasteiger partial charge in [-0.25, -0.2) is 0 Å². The fourth-order valence-electron chi connectivity index (χ4n) is 4.48. The number of amides is 2. The average Bonchev–Trinajstić information content (AvgIpc) is 3.55. The van der Waals surface area contributed by atoms with Crippen molar-refractivity contribution in [3.8, 4) is 5.75 Å². The number of nitrogens with one attached hydrogen (secondary N) is 1. The van der Waals surface area contributed by atoms with Crippen LogP contribution in [0.4, 0.5) is 5.69 Å². The van der Waals surface area contributed by atoms with Gasteiger partial charge in [0.15, 0.2) is 0 Å². The first-order chi connectivity index (χ1) is 13.3. The first kappa shape index (κ1) is 18.8. The van der Waals surface area contributed by atoms with E-state index in [0.29, 0.717) is 0 Å².